The Morgan fingerprint density at radius 2 is 2.07 bits per heavy atom. The fraction of sp³-hybridized carbons (Fsp3) is 0.364. The maximum Gasteiger partial charge on any atom is 0.318 e. The molecule has 0 saturated carbocycles. The van der Waals surface area contributed by atoms with Crippen LogP contribution in [-0.2, 0) is 6.54 Å². The van der Waals surface area contributed by atoms with Gasteiger partial charge in [-0.1, -0.05) is 29.8 Å². The van der Waals surface area contributed by atoms with Gasteiger partial charge in [-0.15, -0.1) is 10.2 Å². The van der Waals surface area contributed by atoms with E-state index >= 15 is 0 Å². The first-order valence-electron chi connectivity index (χ1n) is 10.1. The average Bonchev–Trinajstić information content (AvgIpc) is 3.37. The van der Waals surface area contributed by atoms with Gasteiger partial charge in [0.25, 0.3) is 0 Å². The fourth-order valence-electron chi connectivity index (χ4n) is 3.87. The van der Waals surface area contributed by atoms with E-state index in [-0.39, 0.29) is 18.1 Å². The maximum atomic E-state index is 13.0. The molecule has 7 nitrogen and oxygen atoms in total. The molecule has 30 heavy (non-hydrogen) atoms. The summed E-state index contributed by atoms with van der Waals surface area (Å²) in [6.07, 6.45) is 5.31. The van der Waals surface area contributed by atoms with Crippen LogP contribution in [0.15, 0.2) is 48.8 Å². The minimum absolute atomic E-state index is 0.0902. The Labute approximate surface area is 181 Å². The van der Waals surface area contributed by atoms with Gasteiger partial charge in [-0.25, -0.2) is 4.79 Å². The van der Waals surface area contributed by atoms with Crippen LogP contribution in [0.2, 0.25) is 5.02 Å². The Kier molecular flexibility index (Phi) is 5.99. The van der Waals surface area contributed by atoms with E-state index in [4.69, 9.17) is 11.6 Å². The Hall–Kier alpha value is -2.93. The minimum Gasteiger partial charge on any atom is -0.331 e. The third-order valence-corrected chi connectivity index (χ3v) is 5.81. The molecule has 8 heteroatoms. The van der Waals surface area contributed by atoms with Crippen LogP contribution in [0, 0.1) is 6.92 Å². The van der Waals surface area contributed by atoms with Gasteiger partial charge in [-0.05, 0) is 56.0 Å². The number of nitrogens with zero attached hydrogens (tertiary/aromatic N) is 5. The summed E-state index contributed by atoms with van der Waals surface area (Å²) in [7, 11) is 0. The molecule has 1 fully saturated rings. The van der Waals surface area contributed by atoms with E-state index in [9.17, 15) is 4.79 Å². The summed E-state index contributed by atoms with van der Waals surface area (Å²) in [5, 5.41) is 12.5. The lowest BCUT2D eigenvalue weighted by Crippen LogP contribution is -2.41. The number of urea groups is 1. The number of carbonyl (C=O) groups is 1. The lowest BCUT2D eigenvalue weighted by atomic mass is 10.1. The van der Waals surface area contributed by atoms with Crippen molar-refractivity contribution in [3.8, 4) is 0 Å². The quantitative estimate of drug-likeness (QED) is 0.662. The second-order valence-electron chi connectivity index (χ2n) is 7.63. The monoisotopic (exact) mass is 424 g/mol. The molecule has 2 aromatic heterocycles. The second-order valence-corrected chi connectivity index (χ2v) is 8.06. The van der Waals surface area contributed by atoms with Gasteiger partial charge in [0.1, 0.15) is 5.82 Å². The van der Waals surface area contributed by atoms with Crippen LogP contribution in [0.3, 0.4) is 0 Å². The highest BCUT2D eigenvalue weighted by Crippen LogP contribution is 2.32. The number of amides is 2. The number of hydrogen-bond donors (Lipinski definition) is 1. The SMILES string of the molecule is Cc1nnc([C@H]2CCCN2C(=O)NC(C)c2cccnc2)n1Cc1ccc(Cl)cc1. The maximum absolute atomic E-state index is 13.0. The zero-order chi connectivity index (χ0) is 21.1. The molecular weight excluding hydrogens is 400 g/mol. The van der Waals surface area contributed by atoms with Gasteiger partial charge in [0.2, 0.25) is 0 Å². The predicted molar refractivity (Wildman–Crippen MR) is 115 cm³/mol. The molecule has 1 aromatic carbocycles. The van der Waals surface area contributed by atoms with Gasteiger partial charge in [0.15, 0.2) is 5.82 Å². The number of pyridine rings is 1. The molecule has 1 unspecified atom stereocenters. The molecule has 4 rings (SSSR count). The third-order valence-electron chi connectivity index (χ3n) is 5.55. The summed E-state index contributed by atoms with van der Waals surface area (Å²) < 4.78 is 2.09. The van der Waals surface area contributed by atoms with Gasteiger partial charge >= 0.3 is 6.03 Å². The number of aromatic nitrogens is 4. The molecule has 156 valence electrons. The van der Waals surface area contributed by atoms with Crippen molar-refractivity contribution in [3.63, 3.8) is 0 Å². The van der Waals surface area contributed by atoms with Crippen molar-refractivity contribution in [1.29, 1.82) is 0 Å². The Bertz CT molecular complexity index is 1000. The van der Waals surface area contributed by atoms with E-state index in [1.54, 1.807) is 12.4 Å². The average molecular weight is 425 g/mol. The Morgan fingerprint density at radius 1 is 1.27 bits per heavy atom. The van der Waals surface area contributed by atoms with Gasteiger partial charge in [-0.3, -0.25) is 4.98 Å². The predicted octanol–water partition coefficient (Wildman–Crippen LogP) is 4.29. The fourth-order valence-corrected chi connectivity index (χ4v) is 4.00. The molecule has 0 aliphatic carbocycles. The molecular formula is C22H25ClN6O. The molecule has 1 N–H and O–H groups in total. The van der Waals surface area contributed by atoms with Crippen molar-refractivity contribution in [2.45, 2.75) is 45.3 Å². The number of hydrogen-bond acceptors (Lipinski definition) is 4. The van der Waals surface area contributed by atoms with E-state index in [1.807, 2.05) is 55.1 Å². The van der Waals surface area contributed by atoms with Crippen molar-refractivity contribution < 1.29 is 4.79 Å². The van der Waals surface area contributed by atoms with E-state index < -0.39 is 0 Å². The second kappa shape index (κ2) is 8.83. The summed E-state index contributed by atoms with van der Waals surface area (Å²) in [5.41, 5.74) is 2.09. The van der Waals surface area contributed by atoms with Crippen LogP contribution < -0.4 is 5.32 Å². The van der Waals surface area contributed by atoms with Crippen molar-refractivity contribution >= 4 is 17.6 Å². The molecule has 2 atom stereocenters. The lowest BCUT2D eigenvalue weighted by molar-refractivity contribution is 0.186. The molecule has 0 bridgehead atoms. The van der Waals surface area contributed by atoms with Crippen molar-refractivity contribution in [2.75, 3.05) is 6.54 Å². The summed E-state index contributed by atoms with van der Waals surface area (Å²) >= 11 is 6.01. The third kappa shape index (κ3) is 4.31. The summed E-state index contributed by atoms with van der Waals surface area (Å²) in [6.45, 7) is 5.25. The van der Waals surface area contributed by atoms with Crippen LogP contribution in [0.5, 0.6) is 0 Å². The highest BCUT2D eigenvalue weighted by molar-refractivity contribution is 6.30. The van der Waals surface area contributed by atoms with Crippen LogP contribution in [-0.4, -0.2) is 37.2 Å². The van der Waals surface area contributed by atoms with Gasteiger partial charge in [0, 0.05) is 24.0 Å². The first kappa shape index (κ1) is 20.3. The topological polar surface area (TPSA) is 75.9 Å². The van der Waals surface area contributed by atoms with Crippen LogP contribution >= 0.6 is 11.6 Å². The van der Waals surface area contributed by atoms with Crippen LogP contribution in [0.4, 0.5) is 4.79 Å². The zero-order valence-electron chi connectivity index (χ0n) is 17.1. The molecule has 0 radical (unpaired) electrons. The van der Waals surface area contributed by atoms with E-state index in [2.05, 4.69) is 25.1 Å². The lowest BCUT2D eigenvalue weighted by Gasteiger charge is -2.27. The summed E-state index contributed by atoms with van der Waals surface area (Å²) in [4.78, 5) is 19.1. The van der Waals surface area contributed by atoms with Gasteiger partial charge in [-0.2, -0.15) is 0 Å². The molecule has 1 saturated heterocycles. The molecule has 1 aliphatic heterocycles. The number of carbonyl (C=O) groups excluding carboxylic acids is 1. The Balaban J connectivity index is 1.52. The minimum atomic E-state index is -0.124. The number of nitrogens with one attached hydrogen (secondary N) is 1. The first-order chi connectivity index (χ1) is 14.5. The summed E-state index contributed by atoms with van der Waals surface area (Å²) in [5.74, 6) is 1.65. The first-order valence-corrected chi connectivity index (χ1v) is 10.5. The molecule has 1 aliphatic rings. The smallest absolute Gasteiger partial charge is 0.318 e. The van der Waals surface area contributed by atoms with Crippen molar-refractivity contribution in [1.82, 2.24) is 30.0 Å². The van der Waals surface area contributed by atoms with E-state index in [1.165, 1.54) is 0 Å². The molecule has 0 spiro atoms. The van der Waals surface area contributed by atoms with E-state index in [0.717, 1.165) is 35.6 Å². The highest BCUT2D eigenvalue weighted by atomic mass is 35.5. The van der Waals surface area contributed by atoms with Crippen LogP contribution in [0.25, 0.3) is 0 Å². The Morgan fingerprint density at radius 3 is 2.80 bits per heavy atom. The normalized spacial score (nSPS) is 17.2. The van der Waals surface area contributed by atoms with Crippen molar-refractivity contribution in [3.05, 3.63) is 76.6 Å². The highest BCUT2D eigenvalue weighted by Gasteiger charge is 2.34. The van der Waals surface area contributed by atoms with Crippen LogP contribution in [0.1, 0.15) is 54.6 Å². The zero-order valence-corrected chi connectivity index (χ0v) is 17.9. The largest absolute Gasteiger partial charge is 0.331 e. The standard InChI is InChI=1S/C22H25ClN6O/c1-15(18-5-3-11-24-13-18)25-22(30)28-12-4-6-20(28)21-27-26-16(2)29(21)14-17-7-9-19(23)10-8-17/h3,5,7-11,13,15,20H,4,6,12,14H2,1-2H3,(H,25,30)/t15?,20-/m1/s1. The number of halogens is 1. The molecule has 3 aromatic rings. The number of aryl methyl sites for hydroxylation is 1. The van der Waals surface area contributed by atoms with E-state index in [0.29, 0.717) is 18.1 Å². The number of rotatable bonds is 5. The summed E-state index contributed by atoms with van der Waals surface area (Å²) in [6, 6.07) is 11.3. The van der Waals surface area contributed by atoms with Crippen molar-refractivity contribution in [2.24, 2.45) is 0 Å². The van der Waals surface area contributed by atoms with Gasteiger partial charge < -0.3 is 14.8 Å². The number of benzene rings is 1. The molecule has 3 heterocycles. The number of likely N-dealkylation sites (tertiary alicyclic amines) is 1. The molecule has 2 amide bonds. The van der Waals surface area contributed by atoms with Gasteiger partial charge in [0.05, 0.1) is 18.6 Å².